The highest BCUT2D eigenvalue weighted by molar-refractivity contribution is 8.14. The van der Waals surface area contributed by atoms with Crippen LogP contribution in [-0.2, 0) is 0 Å². The van der Waals surface area contributed by atoms with Crippen molar-refractivity contribution in [3.63, 3.8) is 0 Å². The fourth-order valence-electron chi connectivity index (χ4n) is 1.98. The monoisotopic (exact) mass is 198 g/mol. The Hall–Kier alpha value is -0.180. The highest BCUT2D eigenvalue weighted by atomic mass is 32.2. The maximum Gasteiger partial charge on any atom is 0.157 e. The molecule has 13 heavy (non-hydrogen) atoms. The number of aliphatic imine (C=N–C) groups is 1. The molecule has 1 N–H and O–H groups in total. The van der Waals surface area contributed by atoms with Crippen molar-refractivity contribution >= 4 is 16.9 Å². The lowest BCUT2D eigenvalue weighted by Crippen LogP contribution is -2.34. The van der Waals surface area contributed by atoms with Crippen molar-refractivity contribution in [2.24, 2.45) is 4.99 Å². The van der Waals surface area contributed by atoms with Crippen LogP contribution in [0.4, 0.5) is 0 Å². The van der Waals surface area contributed by atoms with Gasteiger partial charge in [-0.3, -0.25) is 4.99 Å². The Balaban J connectivity index is 1.77. The zero-order valence-electron chi connectivity index (χ0n) is 8.25. The van der Waals surface area contributed by atoms with E-state index < -0.39 is 0 Å². The molecule has 0 radical (unpaired) electrons. The predicted octanol–water partition coefficient (Wildman–Crippen LogP) is 2.40. The number of rotatable bonds is 1. The fraction of sp³-hybridized carbons (Fsp3) is 0.900. The lowest BCUT2D eigenvalue weighted by molar-refractivity contribution is 0.415. The molecule has 1 aliphatic heterocycles. The molecule has 2 aliphatic rings. The molecule has 0 amide bonds. The van der Waals surface area contributed by atoms with Gasteiger partial charge in [-0.05, 0) is 12.8 Å². The van der Waals surface area contributed by atoms with E-state index in [1.54, 1.807) is 0 Å². The van der Waals surface area contributed by atoms with Gasteiger partial charge in [-0.1, -0.05) is 37.9 Å². The topological polar surface area (TPSA) is 24.4 Å². The van der Waals surface area contributed by atoms with Crippen molar-refractivity contribution in [1.29, 1.82) is 0 Å². The number of nitrogens with one attached hydrogen (secondary N) is 1. The average molecular weight is 198 g/mol. The summed E-state index contributed by atoms with van der Waals surface area (Å²) in [5.74, 6) is 0. The molecule has 2 rings (SSSR count). The fourth-order valence-corrected chi connectivity index (χ4v) is 2.89. The molecule has 1 heterocycles. The van der Waals surface area contributed by atoms with Crippen molar-refractivity contribution in [2.45, 2.75) is 50.3 Å². The summed E-state index contributed by atoms with van der Waals surface area (Å²) in [5, 5.41) is 5.44. The Morgan fingerprint density at radius 1 is 1.31 bits per heavy atom. The van der Waals surface area contributed by atoms with Crippen LogP contribution in [0.1, 0.15) is 39.0 Å². The van der Waals surface area contributed by atoms with Crippen molar-refractivity contribution in [2.75, 3.05) is 6.54 Å². The minimum atomic E-state index is 0.686. The summed E-state index contributed by atoms with van der Waals surface area (Å²) in [6.07, 6.45) is 6.90. The highest BCUT2D eigenvalue weighted by Gasteiger charge is 2.19. The van der Waals surface area contributed by atoms with Gasteiger partial charge < -0.3 is 5.32 Å². The molecule has 3 heteroatoms. The Bertz CT molecular complexity index is 197. The number of nitrogens with zero attached hydrogens (tertiary/aromatic N) is 1. The van der Waals surface area contributed by atoms with E-state index in [9.17, 15) is 0 Å². The first kappa shape index (κ1) is 9.38. The molecular formula is C10H18N2S. The van der Waals surface area contributed by atoms with Gasteiger partial charge >= 0.3 is 0 Å². The second-order valence-corrected chi connectivity index (χ2v) is 5.48. The van der Waals surface area contributed by atoms with Gasteiger partial charge in [0.1, 0.15) is 0 Å². The summed E-state index contributed by atoms with van der Waals surface area (Å²) in [7, 11) is 0. The first-order chi connectivity index (χ1) is 6.34. The summed E-state index contributed by atoms with van der Waals surface area (Å²) in [5.41, 5.74) is 0. The van der Waals surface area contributed by atoms with Gasteiger partial charge in [0.15, 0.2) is 5.17 Å². The first-order valence-corrected chi connectivity index (χ1v) is 6.20. The van der Waals surface area contributed by atoms with Crippen molar-refractivity contribution < 1.29 is 0 Å². The van der Waals surface area contributed by atoms with E-state index in [0.717, 1.165) is 6.54 Å². The van der Waals surface area contributed by atoms with E-state index in [0.29, 0.717) is 11.3 Å². The minimum Gasteiger partial charge on any atom is -0.362 e. The molecule has 0 aromatic rings. The van der Waals surface area contributed by atoms with Crippen LogP contribution in [0, 0.1) is 0 Å². The van der Waals surface area contributed by atoms with E-state index in [-0.39, 0.29) is 0 Å². The molecule has 1 atom stereocenters. The Labute approximate surface area is 84.6 Å². The molecule has 1 unspecified atom stereocenters. The van der Waals surface area contributed by atoms with Crippen molar-refractivity contribution in [1.82, 2.24) is 5.32 Å². The quantitative estimate of drug-likeness (QED) is 0.699. The molecule has 1 fully saturated rings. The second-order valence-electron chi connectivity index (χ2n) is 4.05. The van der Waals surface area contributed by atoms with E-state index in [1.807, 2.05) is 11.8 Å². The zero-order chi connectivity index (χ0) is 9.10. The van der Waals surface area contributed by atoms with Gasteiger partial charge in [0.05, 0.1) is 6.54 Å². The standard InChI is InChI=1S/C10H18N2S/c1-8-7-11-10(13-8)12-9-5-3-2-4-6-9/h8-9H,2-7H2,1H3,(H,11,12). The molecule has 1 aliphatic carbocycles. The first-order valence-electron chi connectivity index (χ1n) is 5.32. The van der Waals surface area contributed by atoms with Crippen molar-refractivity contribution in [3.05, 3.63) is 0 Å². The SMILES string of the molecule is CC1CN=C(NC2CCCCC2)S1. The minimum absolute atomic E-state index is 0.686. The van der Waals surface area contributed by atoms with Crippen LogP contribution >= 0.6 is 11.8 Å². The third-order valence-corrected chi connectivity index (χ3v) is 3.76. The lowest BCUT2D eigenvalue weighted by Gasteiger charge is -2.23. The van der Waals surface area contributed by atoms with E-state index >= 15 is 0 Å². The van der Waals surface area contributed by atoms with Gasteiger partial charge in [-0.15, -0.1) is 0 Å². The maximum atomic E-state index is 4.48. The van der Waals surface area contributed by atoms with Crippen LogP contribution in [0.3, 0.4) is 0 Å². The normalized spacial score (nSPS) is 30.2. The zero-order valence-corrected chi connectivity index (χ0v) is 9.07. The Morgan fingerprint density at radius 2 is 2.08 bits per heavy atom. The summed E-state index contributed by atoms with van der Waals surface area (Å²) in [4.78, 5) is 4.48. The van der Waals surface area contributed by atoms with Crippen LogP contribution in [-0.4, -0.2) is 23.0 Å². The molecule has 2 nitrogen and oxygen atoms in total. The molecule has 0 bridgehead atoms. The van der Waals surface area contributed by atoms with Crippen LogP contribution in [0.5, 0.6) is 0 Å². The van der Waals surface area contributed by atoms with Crippen LogP contribution in [0.15, 0.2) is 4.99 Å². The molecule has 1 saturated carbocycles. The largest absolute Gasteiger partial charge is 0.362 e. The molecule has 0 saturated heterocycles. The molecular weight excluding hydrogens is 180 g/mol. The molecule has 0 spiro atoms. The average Bonchev–Trinajstić information content (AvgIpc) is 2.53. The van der Waals surface area contributed by atoms with Crippen LogP contribution in [0.25, 0.3) is 0 Å². The Kier molecular flexibility index (Phi) is 3.14. The summed E-state index contributed by atoms with van der Waals surface area (Å²) >= 11 is 1.90. The smallest absolute Gasteiger partial charge is 0.157 e. The predicted molar refractivity (Wildman–Crippen MR) is 59.4 cm³/mol. The third-order valence-electron chi connectivity index (χ3n) is 2.74. The second kappa shape index (κ2) is 4.36. The van der Waals surface area contributed by atoms with Gasteiger partial charge in [0.25, 0.3) is 0 Å². The molecule has 0 aromatic heterocycles. The van der Waals surface area contributed by atoms with Gasteiger partial charge in [-0.2, -0.15) is 0 Å². The van der Waals surface area contributed by atoms with Gasteiger partial charge in [0, 0.05) is 11.3 Å². The molecule has 74 valence electrons. The van der Waals surface area contributed by atoms with Gasteiger partial charge in [-0.25, -0.2) is 0 Å². The van der Waals surface area contributed by atoms with Crippen LogP contribution in [0.2, 0.25) is 0 Å². The maximum absolute atomic E-state index is 4.48. The summed E-state index contributed by atoms with van der Waals surface area (Å²) < 4.78 is 0. The van der Waals surface area contributed by atoms with Gasteiger partial charge in [0.2, 0.25) is 0 Å². The summed E-state index contributed by atoms with van der Waals surface area (Å²) in [6, 6.07) is 0.713. The van der Waals surface area contributed by atoms with E-state index in [4.69, 9.17) is 0 Å². The molecule has 0 aromatic carbocycles. The highest BCUT2D eigenvalue weighted by Crippen LogP contribution is 2.22. The van der Waals surface area contributed by atoms with E-state index in [1.165, 1.54) is 37.3 Å². The number of thioether (sulfide) groups is 1. The Morgan fingerprint density at radius 3 is 2.69 bits per heavy atom. The lowest BCUT2D eigenvalue weighted by atomic mass is 9.96. The number of amidine groups is 1. The number of hydrogen-bond acceptors (Lipinski definition) is 3. The van der Waals surface area contributed by atoms with Crippen molar-refractivity contribution in [3.8, 4) is 0 Å². The summed E-state index contributed by atoms with van der Waals surface area (Å²) in [6.45, 7) is 3.24. The van der Waals surface area contributed by atoms with Crippen LogP contribution < -0.4 is 5.32 Å². The third kappa shape index (κ3) is 2.63. The van der Waals surface area contributed by atoms with E-state index in [2.05, 4.69) is 17.2 Å². The number of hydrogen-bond donors (Lipinski definition) is 1.